The Hall–Kier alpha value is -2.12. The third-order valence-electron chi connectivity index (χ3n) is 4.94. The lowest BCUT2D eigenvalue weighted by molar-refractivity contribution is -0.171. The highest BCUT2D eigenvalue weighted by Gasteiger charge is 2.41. The van der Waals surface area contributed by atoms with E-state index in [1.54, 1.807) is 6.08 Å². The number of amides is 2. The molecule has 1 aliphatic rings. The number of sulfonamides is 1. The zero-order chi connectivity index (χ0) is 25.5. The maximum Gasteiger partial charge on any atom is 0.472 e. The number of carbonyl (C=O) groups is 2. The summed E-state index contributed by atoms with van der Waals surface area (Å²) in [4.78, 5) is 26.9. The van der Waals surface area contributed by atoms with E-state index < -0.39 is 40.3 Å². The molecule has 1 aromatic carbocycles. The van der Waals surface area contributed by atoms with Crippen LogP contribution in [0.3, 0.4) is 0 Å². The lowest BCUT2D eigenvalue weighted by Crippen LogP contribution is -2.44. The van der Waals surface area contributed by atoms with Crippen molar-refractivity contribution in [2.45, 2.75) is 38.8 Å². The largest absolute Gasteiger partial charge is 0.472 e. The van der Waals surface area contributed by atoms with Crippen LogP contribution in [0.15, 0.2) is 29.2 Å². The second-order valence-electron chi connectivity index (χ2n) is 7.65. The smallest absolute Gasteiger partial charge is 0.375 e. The molecule has 2 amide bonds. The number of nitrogens with one attached hydrogen (secondary N) is 1. The molecule has 0 saturated carbocycles. The molecule has 1 saturated heterocycles. The average molecular weight is 538 g/mol. The molecule has 0 aromatic heterocycles. The highest BCUT2D eigenvalue weighted by atomic mass is 32.2. The molecule has 1 N–H and O–H groups in total. The van der Waals surface area contributed by atoms with Gasteiger partial charge in [0.25, 0.3) is 5.91 Å². The minimum absolute atomic E-state index is 0.0806. The molecular formula is C21H26F3N3O4S3. The summed E-state index contributed by atoms with van der Waals surface area (Å²) in [6.07, 6.45) is 0.941. The highest BCUT2D eigenvalue weighted by molar-refractivity contribution is 8.26. The molecular weight excluding hydrogens is 511 g/mol. The number of alkyl halides is 3. The number of hydrogen-bond donors (Lipinski definition) is 1. The summed E-state index contributed by atoms with van der Waals surface area (Å²) in [5.41, 5.74) is 1.78. The molecule has 1 aliphatic heterocycles. The molecule has 34 heavy (non-hydrogen) atoms. The first-order valence-electron chi connectivity index (χ1n) is 10.5. The minimum Gasteiger partial charge on any atom is -0.375 e. The number of carbonyl (C=O) groups excluding carboxylic acids is 2. The Kier molecular flexibility index (Phi) is 9.95. The average Bonchev–Trinajstić information content (AvgIpc) is 3.01. The summed E-state index contributed by atoms with van der Waals surface area (Å²) < 4.78 is 61.4. The summed E-state index contributed by atoms with van der Waals surface area (Å²) in [6, 6.07) is 7.56. The fourth-order valence-electron chi connectivity index (χ4n) is 3.04. The van der Waals surface area contributed by atoms with E-state index in [9.17, 15) is 31.2 Å². The molecule has 1 fully saturated rings. The molecule has 1 heterocycles. The summed E-state index contributed by atoms with van der Waals surface area (Å²) >= 11 is 6.09. The van der Waals surface area contributed by atoms with Gasteiger partial charge in [-0.2, -0.15) is 13.2 Å². The van der Waals surface area contributed by atoms with Crippen molar-refractivity contribution in [3.8, 4) is 0 Å². The van der Waals surface area contributed by atoms with E-state index in [0.29, 0.717) is 0 Å². The molecule has 0 bridgehead atoms. The zero-order valence-electron chi connectivity index (χ0n) is 18.7. The first kappa shape index (κ1) is 28.1. The third kappa shape index (κ3) is 8.27. The Balaban J connectivity index is 1.98. The van der Waals surface area contributed by atoms with Gasteiger partial charge in [0.2, 0.25) is 10.0 Å². The van der Waals surface area contributed by atoms with Gasteiger partial charge in [0.05, 0.1) is 10.7 Å². The van der Waals surface area contributed by atoms with Crippen LogP contribution >= 0.6 is 24.0 Å². The number of rotatable bonds is 11. The lowest BCUT2D eigenvalue weighted by atomic mass is 10.1. The van der Waals surface area contributed by atoms with Gasteiger partial charge in [0.1, 0.15) is 4.32 Å². The molecule has 0 aliphatic carbocycles. The summed E-state index contributed by atoms with van der Waals surface area (Å²) in [7, 11) is -2.59. The van der Waals surface area contributed by atoms with E-state index in [-0.39, 0.29) is 9.23 Å². The second-order valence-corrected chi connectivity index (χ2v) is 11.2. The van der Waals surface area contributed by atoms with Crippen molar-refractivity contribution >= 4 is 61.9 Å². The minimum atomic E-state index is -5.34. The van der Waals surface area contributed by atoms with E-state index >= 15 is 0 Å². The Labute approximate surface area is 206 Å². The van der Waals surface area contributed by atoms with Crippen molar-refractivity contribution in [1.29, 1.82) is 0 Å². The standard InChI is InChI=1S/C21H26F3N3O4S3/c1-3-4-5-6-11-26(2)16-9-7-15(8-10-16)14-17-18(28)27(20(32)33-17)12-13-34(30,31)25-19(29)21(22,23)24/h7-10,14H,3-6,11-13H2,1-2H3,(H,25,29)/b17-14-. The SMILES string of the molecule is CCCCCCN(C)c1ccc(/C=C2\SC(=S)N(CCS(=O)(=O)NC(=O)C(F)(F)F)C2=O)cc1. The van der Waals surface area contributed by atoms with Gasteiger partial charge < -0.3 is 4.90 Å². The molecule has 0 unspecified atom stereocenters. The quantitative estimate of drug-likeness (QED) is 0.260. The maximum absolute atomic E-state index is 12.6. The van der Waals surface area contributed by atoms with Crippen LogP contribution in [0, 0.1) is 0 Å². The van der Waals surface area contributed by atoms with Crippen molar-refractivity contribution < 1.29 is 31.2 Å². The zero-order valence-corrected chi connectivity index (χ0v) is 21.2. The molecule has 188 valence electrons. The number of benzene rings is 1. The van der Waals surface area contributed by atoms with Crippen LogP contribution in [-0.4, -0.2) is 61.5 Å². The van der Waals surface area contributed by atoms with Crippen molar-refractivity contribution in [3.05, 3.63) is 34.7 Å². The number of thioether (sulfide) groups is 1. The monoisotopic (exact) mass is 537 g/mol. The normalized spacial score (nSPS) is 15.8. The second kappa shape index (κ2) is 12.0. The van der Waals surface area contributed by atoms with Crippen molar-refractivity contribution in [2.24, 2.45) is 0 Å². The predicted octanol–water partition coefficient (Wildman–Crippen LogP) is 3.91. The predicted molar refractivity (Wildman–Crippen MR) is 132 cm³/mol. The number of nitrogens with zero attached hydrogens (tertiary/aromatic N) is 2. The van der Waals surface area contributed by atoms with Crippen LogP contribution in [-0.2, 0) is 19.6 Å². The number of halogens is 3. The van der Waals surface area contributed by atoms with Gasteiger partial charge in [0.15, 0.2) is 0 Å². The van der Waals surface area contributed by atoms with Gasteiger partial charge in [-0.3, -0.25) is 14.5 Å². The van der Waals surface area contributed by atoms with Crippen molar-refractivity contribution in [3.63, 3.8) is 0 Å². The Morgan fingerprint density at radius 1 is 1.21 bits per heavy atom. The van der Waals surface area contributed by atoms with Crippen LogP contribution in [0.5, 0.6) is 0 Å². The van der Waals surface area contributed by atoms with E-state index in [1.165, 1.54) is 19.3 Å². The molecule has 1 aromatic rings. The van der Waals surface area contributed by atoms with E-state index in [4.69, 9.17) is 12.2 Å². The van der Waals surface area contributed by atoms with Gasteiger partial charge in [-0.1, -0.05) is 62.3 Å². The van der Waals surface area contributed by atoms with Crippen LogP contribution in [0.1, 0.15) is 38.2 Å². The van der Waals surface area contributed by atoms with Gasteiger partial charge in [-0.05, 0) is 30.2 Å². The van der Waals surface area contributed by atoms with E-state index in [0.717, 1.165) is 45.6 Å². The topological polar surface area (TPSA) is 86.8 Å². The van der Waals surface area contributed by atoms with Crippen LogP contribution in [0.25, 0.3) is 6.08 Å². The first-order valence-corrected chi connectivity index (χ1v) is 13.4. The number of hydrogen-bond acceptors (Lipinski definition) is 7. The van der Waals surface area contributed by atoms with Crippen LogP contribution in [0.2, 0.25) is 0 Å². The highest BCUT2D eigenvalue weighted by Crippen LogP contribution is 2.32. The first-order chi connectivity index (χ1) is 15.8. The number of unbranched alkanes of at least 4 members (excludes halogenated alkanes) is 3. The summed E-state index contributed by atoms with van der Waals surface area (Å²) in [6.45, 7) is 2.62. The summed E-state index contributed by atoms with van der Waals surface area (Å²) in [5, 5.41) is 0. The lowest BCUT2D eigenvalue weighted by Gasteiger charge is -2.19. The molecule has 0 atom stereocenters. The van der Waals surface area contributed by atoms with Gasteiger partial charge in [0, 0.05) is 25.8 Å². The number of thiocarbonyl (C=S) groups is 1. The molecule has 0 spiro atoms. The molecule has 7 nitrogen and oxygen atoms in total. The summed E-state index contributed by atoms with van der Waals surface area (Å²) in [5.74, 6) is -4.05. The van der Waals surface area contributed by atoms with Crippen LogP contribution in [0.4, 0.5) is 18.9 Å². The van der Waals surface area contributed by atoms with Crippen LogP contribution < -0.4 is 9.62 Å². The van der Waals surface area contributed by atoms with E-state index in [2.05, 4.69) is 11.8 Å². The molecule has 13 heteroatoms. The Morgan fingerprint density at radius 3 is 2.44 bits per heavy atom. The number of anilines is 1. The van der Waals surface area contributed by atoms with Gasteiger partial charge in [-0.15, -0.1) is 0 Å². The fraction of sp³-hybridized carbons (Fsp3) is 0.476. The maximum atomic E-state index is 12.6. The van der Waals surface area contributed by atoms with Gasteiger partial charge in [-0.25, -0.2) is 13.1 Å². The van der Waals surface area contributed by atoms with Gasteiger partial charge >= 0.3 is 12.1 Å². The van der Waals surface area contributed by atoms with E-state index in [1.807, 2.05) is 31.3 Å². The van der Waals surface area contributed by atoms with Crippen molar-refractivity contribution in [2.75, 3.05) is 30.8 Å². The molecule has 0 radical (unpaired) electrons. The molecule has 2 rings (SSSR count). The van der Waals surface area contributed by atoms with Crippen molar-refractivity contribution in [1.82, 2.24) is 9.62 Å². The third-order valence-corrected chi connectivity index (χ3v) is 7.54. The Bertz CT molecular complexity index is 1040. The fourth-order valence-corrected chi connectivity index (χ4v) is 5.27. The Morgan fingerprint density at radius 2 is 1.85 bits per heavy atom.